The van der Waals surface area contributed by atoms with E-state index in [4.69, 9.17) is 4.74 Å². The molecule has 5 nitrogen and oxygen atoms in total. The fourth-order valence-electron chi connectivity index (χ4n) is 2.14. The molecule has 2 N–H and O–H groups in total. The van der Waals surface area contributed by atoms with Crippen LogP contribution in [0.4, 0.5) is 16.0 Å². The number of halogens is 1. The molecule has 0 fully saturated rings. The second kappa shape index (κ2) is 6.31. The zero-order valence-corrected chi connectivity index (χ0v) is 12.3. The molecule has 3 rings (SSSR count). The summed E-state index contributed by atoms with van der Waals surface area (Å²) in [6.07, 6.45) is 0. The maximum absolute atomic E-state index is 13.7. The van der Waals surface area contributed by atoms with Gasteiger partial charge in [-0.15, -0.1) is 0 Å². The predicted molar refractivity (Wildman–Crippen MR) is 86.5 cm³/mol. The molecule has 0 saturated heterocycles. The monoisotopic (exact) mass is 311 g/mol. The normalized spacial score (nSPS) is 10.3. The fraction of sp³-hybridized carbons (Fsp3) is 0.0588. The van der Waals surface area contributed by atoms with Crippen LogP contribution in [-0.2, 0) is 0 Å². The van der Waals surface area contributed by atoms with Gasteiger partial charge in [-0.1, -0.05) is 24.3 Å². The molecule has 0 bridgehead atoms. The van der Waals surface area contributed by atoms with Crippen LogP contribution >= 0.6 is 0 Å². The summed E-state index contributed by atoms with van der Waals surface area (Å²) in [5, 5.41) is 2.78. The van der Waals surface area contributed by atoms with Crippen molar-refractivity contribution >= 4 is 11.6 Å². The molecule has 6 heteroatoms. The van der Waals surface area contributed by atoms with Gasteiger partial charge in [0.1, 0.15) is 11.6 Å². The van der Waals surface area contributed by atoms with E-state index in [0.29, 0.717) is 11.4 Å². The van der Waals surface area contributed by atoms with E-state index in [1.807, 2.05) is 6.07 Å². The summed E-state index contributed by atoms with van der Waals surface area (Å²) in [5.74, 6) is 0.399. The Hall–Kier alpha value is -3.15. The summed E-state index contributed by atoms with van der Waals surface area (Å²) in [6.45, 7) is 0. The summed E-state index contributed by atoms with van der Waals surface area (Å²) in [7, 11) is 1.56. The number of aromatic nitrogens is 2. The van der Waals surface area contributed by atoms with Crippen LogP contribution in [0.25, 0.3) is 11.3 Å². The van der Waals surface area contributed by atoms with Gasteiger partial charge in [0.05, 0.1) is 18.5 Å². The number of methoxy groups -OCH3 is 1. The van der Waals surface area contributed by atoms with Gasteiger partial charge in [-0.05, 0) is 24.3 Å². The molecule has 0 radical (unpaired) electrons. The van der Waals surface area contributed by atoms with Crippen molar-refractivity contribution in [3.05, 3.63) is 70.8 Å². The van der Waals surface area contributed by atoms with Gasteiger partial charge in [-0.3, -0.25) is 9.78 Å². The number of rotatable bonds is 4. The molecule has 23 heavy (non-hydrogen) atoms. The third kappa shape index (κ3) is 3.37. The van der Waals surface area contributed by atoms with Crippen molar-refractivity contribution in [2.24, 2.45) is 0 Å². The molecule has 116 valence electrons. The number of hydrogen-bond acceptors (Lipinski definition) is 4. The Morgan fingerprint density at radius 1 is 1.13 bits per heavy atom. The highest BCUT2D eigenvalue weighted by Crippen LogP contribution is 2.23. The van der Waals surface area contributed by atoms with E-state index in [0.717, 1.165) is 5.56 Å². The largest absolute Gasteiger partial charge is 0.497 e. The van der Waals surface area contributed by atoms with Crippen LogP contribution in [0, 0.1) is 5.82 Å². The van der Waals surface area contributed by atoms with E-state index in [2.05, 4.69) is 15.3 Å². The second-order valence-electron chi connectivity index (χ2n) is 4.82. The molecule has 0 spiro atoms. The fourth-order valence-corrected chi connectivity index (χ4v) is 2.14. The highest BCUT2D eigenvalue weighted by Gasteiger charge is 2.07. The van der Waals surface area contributed by atoms with Gasteiger partial charge in [0.15, 0.2) is 0 Å². The van der Waals surface area contributed by atoms with Crippen molar-refractivity contribution in [1.29, 1.82) is 0 Å². The lowest BCUT2D eigenvalue weighted by atomic mass is 10.1. The first kappa shape index (κ1) is 14.8. The molecule has 0 aliphatic heterocycles. The lowest BCUT2D eigenvalue weighted by molar-refractivity contribution is 0.415. The van der Waals surface area contributed by atoms with Crippen LogP contribution in [0.3, 0.4) is 0 Å². The zero-order valence-electron chi connectivity index (χ0n) is 12.3. The average molecular weight is 311 g/mol. The number of para-hydroxylation sites is 1. The molecule has 1 heterocycles. The molecule has 0 atom stereocenters. The summed E-state index contributed by atoms with van der Waals surface area (Å²) in [4.78, 5) is 18.7. The van der Waals surface area contributed by atoms with Crippen LogP contribution in [0.1, 0.15) is 0 Å². The van der Waals surface area contributed by atoms with Gasteiger partial charge >= 0.3 is 0 Å². The summed E-state index contributed by atoms with van der Waals surface area (Å²) in [6, 6.07) is 14.7. The lowest BCUT2D eigenvalue weighted by Crippen LogP contribution is -2.11. The van der Waals surface area contributed by atoms with E-state index in [9.17, 15) is 9.18 Å². The highest BCUT2D eigenvalue weighted by molar-refractivity contribution is 5.63. The van der Waals surface area contributed by atoms with Gasteiger partial charge < -0.3 is 10.1 Å². The first-order chi connectivity index (χ1) is 11.2. The third-order valence-electron chi connectivity index (χ3n) is 3.23. The Kier molecular flexibility index (Phi) is 4.05. The maximum Gasteiger partial charge on any atom is 0.252 e. The predicted octanol–water partition coefficient (Wildman–Crippen LogP) is 3.33. The minimum absolute atomic E-state index is 0.167. The van der Waals surface area contributed by atoms with Crippen molar-refractivity contribution < 1.29 is 9.13 Å². The van der Waals surface area contributed by atoms with Crippen LogP contribution < -0.4 is 15.6 Å². The minimum Gasteiger partial charge on any atom is -0.497 e. The Morgan fingerprint density at radius 3 is 2.74 bits per heavy atom. The maximum atomic E-state index is 13.7. The number of nitrogens with zero attached hydrogens (tertiary/aromatic N) is 1. The van der Waals surface area contributed by atoms with Gasteiger partial charge in [-0.2, -0.15) is 0 Å². The molecule has 2 aromatic carbocycles. The Balaban J connectivity index is 1.99. The molecule has 3 aromatic rings. The summed E-state index contributed by atoms with van der Waals surface area (Å²) >= 11 is 0. The zero-order chi connectivity index (χ0) is 16.2. The van der Waals surface area contributed by atoms with Crippen molar-refractivity contribution in [2.45, 2.75) is 0 Å². The van der Waals surface area contributed by atoms with Crippen LogP contribution in [0.15, 0.2) is 59.4 Å². The molecule has 0 saturated carbocycles. The number of nitrogens with one attached hydrogen (secondary N) is 2. The van der Waals surface area contributed by atoms with E-state index < -0.39 is 5.82 Å². The molecule has 0 amide bonds. The standard InChI is InChI=1S/C17H14FN3O2/c1-23-12-6-4-5-11(9-12)15-10-16(22)21-17(20-15)19-14-8-3-2-7-13(14)18/h2-10H,1H3,(H2,19,20,21,22). The first-order valence-corrected chi connectivity index (χ1v) is 6.93. The number of aromatic amines is 1. The van der Waals surface area contributed by atoms with Crippen molar-refractivity contribution in [1.82, 2.24) is 9.97 Å². The summed E-state index contributed by atoms with van der Waals surface area (Å²) < 4.78 is 18.9. The van der Waals surface area contributed by atoms with Gasteiger partial charge in [0.25, 0.3) is 5.56 Å². The molecule has 0 aliphatic carbocycles. The lowest BCUT2D eigenvalue weighted by Gasteiger charge is -2.08. The Labute approximate surface area is 131 Å². The van der Waals surface area contributed by atoms with Crippen LogP contribution in [-0.4, -0.2) is 17.1 Å². The Bertz CT molecular complexity index is 893. The second-order valence-corrected chi connectivity index (χ2v) is 4.82. The minimum atomic E-state index is -0.429. The molecule has 1 aromatic heterocycles. The number of ether oxygens (including phenoxy) is 1. The molecular weight excluding hydrogens is 297 g/mol. The SMILES string of the molecule is COc1cccc(-c2cc(=O)[nH]c(Nc3ccccc3F)n2)c1. The van der Waals surface area contributed by atoms with Crippen LogP contribution in [0.5, 0.6) is 5.75 Å². The first-order valence-electron chi connectivity index (χ1n) is 6.93. The number of H-pyrrole nitrogens is 1. The quantitative estimate of drug-likeness (QED) is 0.775. The highest BCUT2D eigenvalue weighted by atomic mass is 19.1. The number of hydrogen-bond donors (Lipinski definition) is 2. The third-order valence-corrected chi connectivity index (χ3v) is 3.23. The van der Waals surface area contributed by atoms with Crippen molar-refractivity contribution in [3.63, 3.8) is 0 Å². The van der Waals surface area contributed by atoms with Gasteiger partial charge in [0.2, 0.25) is 5.95 Å². The van der Waals surface area contributed by atoms with E-state index >= 15 is 0 Å². The molecule has 0 unspecified atom stereocenters. The van der Waals surface area contributed by atoms with Crippen LogP contribution in [0.2, 0.25) is 0 Å². The molecular formula is C17H14FN3O2. The summed E-state index contributed by atoms with van der Waals surface area (Å²) in [5.41, 5.74) is 1.09. The van der Waals surface area contributed by atoms with Crippen molar-refractivity contribution in [3.8, 4) is 17.0 Å². The van der Waals surface area contributed by atoms with E-state index in [-0.39, 0.29) is 17.2 Å². The number of benzene rings is 2. The average Bonchev–Trinajstić information content (AvgIpc) is 2.56. The number of anilines is 2. The van der Waals surface area contributed by atoms with Gasteiger partial charge in [0, 0.05) is 11.6 Å². The topological polar surface area (TPSA) is 67.0 Å². The van der Waals surface area contributed by atoms with Gasteiger partial charge in [-0.25, -0.2) is 9.37 Å². The van der Waals surface area contributed by atoms with E-state index in [1.54, 1.807) is 43.5 Å². The van der Waals surface area contributed by atoms with E-state index in [1.165, 1.54) is 12.1 Å². The smallest absolute Gasteiger partial charge is 0.252 e. The Morgan fingerprint density at radius 2 is 1.96 bits per heavy atom. The van der Waals surface area contributed by atoms with Crippen molar-refractivity contribution in [2.75, 3.05) is 12.4 Å². The molecule has 0 aliphatic rings.